The van der Waals surface area contributed by atoms with Crippen molar-refractivity contribution in [2.45, 2.75) is 18.5 Å². The van der Waals surface area contributed by atoms with E-state index in [-0.39, 0.29) is 12.5 Å². The van der Waals surface area contributed by atoms with Crippen molar-refractivity contribution in [1.82, 2.24) is 9.78 Å². The van der Waals surface area contributed by atoms with E-state index in [4.69, 9.17) is 10.5 Å². The largest absolute Gasteiger partial charge is 0.379 e. The Morgan fingerprint density at radius 1 is 1.43 bits per heavy atom. The highest BCUT2D eigenvalue weighted by molar-refractivity contribution is 5.98. The first-order valence-corrected chi connectivity index (χ1v) is 6.91. The van der Waals surface area contributed by atoms with Crippen molar-refractivity contribution in [2.24, 2.45) is 5.73 Å². The Hall–Kier alpha value is -2.18. The summed E-state index contributed by atoms with van der Waals surface area (Å²) in [6.07, 6.45) is 4.15. The van der Waals surface area contributed by atoms with Crippen LogP contribution in [0, 0.1) is 0 Å². The van der Waals surface area contributed by atoms with E-state index in [0.29, 0.717) is 19.6 Å². The highest BCUT2D eigenvalue weighted by Gasteiger charge is 2.38. The summed E-state index contributed by atoms with van der Waals surface area (Å²) in [4.78, 5) is 12.4. The maximum Gasteiger partial charge on any atom is 0.246 e. The number of nitrogens with one attached hydrogen (secondary N) is 1. The zero-order valence-corrected chi connectivity index (χ0v) is 11.7. The van der Waals surface area contributed by atoms with E-state index in [1.54, 1.807) is 6.20 Å². The highest BCUT2D eigenvalue weighted by atomic mass is 16.5. The van der Waals surface area contributed by atoms with Crippen LogP contribution in [0.15, 0.2) is 42.7 Å². The van der Waals surface area contributed by atoms with Crippen molar-refractivity contribution >= 4 is 11.6 Å². The average Bonchev–Trinajstić information content (AvgIpc) is 3.13. The molecule has 1 aliphatic rings. The minimum Gasteiger partial charge on any atom is -0.379 e. The lowest BCUT2D eigenvalue weighted by Crippen LogP contribution is -2.51. The molecule has 3 rings (SSSR count). The average molecular weight is 286 g/mol. The Morgan fingerprint density at radius 3 is 3.00 bits per heavy atom. The number of hydrogen-bond acceptors (Lipinski definition) is 4. The van der Waals surface area contributed by atoms with Gasteiger partial charge in [-0.3, -0.25) is 9.48 Å². The Bertz CT molecular complexity index is 618. The molecule has 2 heterocycles. The molecule has 6 nitrogen and oxygen atoms in total. The van der Waals surface area contributed by atoms with Crippen molar-refractivity contribution < 1.29 is 9.53 Å². The van der Waals surface area contributed by atoms with Gasteiger partial charge in [0.15, 0.2) is 0 Å². The van der Waals surface area contributed by atoms with E-state index < -0.39 is 5.54 Å². The van der Waals surface area contributed by atoms with Crippen molar-refractivity contribution in [3.8, 4) is 0 Å². The van der Waals surface area contributed by atoms with Gasteiger partial charge in [-0.1, -0.05) is 18.2 Å². The first kappa shape index (κ1) is 13.8. The van der Waals surface area contributed by atoms with Crippen molar-refractivity contribution in [2.75, 3.05) is 18.5 Å². The predicted molar refractivity (Wildman–Crippen MR) is 78.8 cm³/mol. The Morgan fingerprint density at radius 2 is 2.29 bits per heavy atom. The molecule has 1 aliphatic heterocycles. The Balaban J connectivity index is 1.77. The van der Waals surface area contributed by atoms with Gasteiger partial charge in [-0.05, 0) is 24.1 Å². The Labute approximate surface area is 122 Å². The normalized spacial score (nSPS) is 21.4. The number of rotatable bonds is 4. The minimum atomic E-state index is -0.932. The van der Waals surface area contributed by atoms with Crippen LogP contribution in [0.2, 0.25) is 0 Å². The number of amides is 1. The number of para-hydroxylation sites is 1. The molecule has 0 spiro atoms. The molecule has 3 N–H and O–H groups in total. The number of carbonyl (C=O) groups excluding carboxylic acids is 1. The molecular formula is C15H18N4O2. The number of nitrogens with two attached hydrogens (primary N) is 1. The third kappa shape index (κ3) is 2.96. The lowest BCUT2D eigenvalue weighted by Gasteiger charge is -2.21. The second-order valence-corrected chi connectivity index (χ2v) is 5.27. The second kappa shape index (κ2) is 5.67. The molecule has 0 radical (unpaired) electrons. The van der Waals surface area contributed by atoms with Crippen LogP contribution in [0.5, 0.6) is 0 Å². The molecule has 2 aromatic rings. The van der Waals surface area contributed by atoms with Gasteiger partial charge >= 0.3 is 0 Å². The minimum absolute atomic E-state index is 0.201. The smallest absolute Gasteiger partial charge is 0.246 e. The monoisotopic (exact) mass is 286 g/mol. The molecule has 1 atom stereocenters. The third-order valence-corrected chi connectivity index (χ3v) is 3.66. The molecule has 0 aliphatic carbocycles. The number of aromatic nitrogens is 2. The Kier molecular flexibility index (Phi) is 3.72. The summed E-state index contributed by atoms with van der Waals surface area (Å²) in [5, 5.41) is 7.10. The maximum absolute atomic E-state index is 12.4. The molecule has 21 heavy (non-hydrogen) atoms. The highest BCUT2D eigenvalue weighted by Crippen LogP contribution is 2.21. The first-order valence-electron chi connectivity index (χ1n) is 6.91. The van der Waals surface area contributed by atoms with Crippen LogP contribution in [0.4, 0.5) is 5.69 Å². The molecule has 1 unspecified atom stereocenters. The second-order valence-electron chi connectivity index (χ2n) is 5.27. The maximum atomic E-state index is 12.4. The van der Waals surface area contributed by atoms with Crippen LogP contribution >= 0.6 is 0 Å². The topological polar surface area (TPSA) is 82.2 Å². The number of benzene rings is 1. The number of carbonyl (C=O) groups is 1. The summed E-state index contributed by atoms with van der Waals surface area (Å²) in [7, 11) is 0. The van der Waals surface area contributed by atoms with Crippen molar-refractivity contribution in [1.29, 1.82) is 0 Å². The summed E-state index contributed by atoms with van der Waals surface area (Å²) < 4.78 is 7.04. The van der Waals surface area contributed by atoms with Gasteiger partial charge in [-0.15, -0.1) is 0 Å². The van der Waals surface area contributed by atoms with Gasteiger partial charge in [-0.2, -0.15) is 5.10 Å². The van der Waals surface area contributed by atoms with Gasteiger partial charge in [0.2, 0.25) is 5.91 Å². The number of anilines is 1. The standard InChI is InChI=1S/C15H18N4O2/c16-15(6-9-21-11-15)14(20)18-13-5-2-1-4-12(13)10-19-8-3-7-17-19/h1-5,7-8H,6,9-11,16H2,(H,18,20). The van der Waals surface area contributed by atoms with Gasteiger partial charge in [-0.25, -0.2) is 0 Å². The summed E-state index contributed by atoms with van der Waals surface area (Å²) in [6.45, 7) is 1.39. The van der Waals surface area contributed by atoms with Crippen LogP contribution in [0.3, 0.4) is 0 Å². The van der Waals surface area contributed by atoms with Crippen LogP contribution in [-0.4, -0.2) is 34.4 Å². The van der Waals surface area contributed by atoms with Crippen molar-refractivity contribution in [3.63, 3.8) is 0 Å². The molecule has 1 aromatic heterocycles. The van der Waals surface area contributed by atoms with Crippen LogP contribution in [-0.2, 0) is 16.1 Å². The van der Waals surface area contributed by atoms with Crippen LogP contribution < -0.4 is 11.1 Å². The SMILES string of the molecule is NC1(C(=O)Nc2ccccc2Cn2cccn2)CCOC1. The van der Waals surface area contributed by atoms with E-state index >= 15 is 0 Å². The predicted octanol–water partition coefficient (Wildman–Crippen LogP) is 0.988. The molecule has 1 amide bonds. The van der Waals surface area contributed by atoms with E-state index in [2.05, 4.69) is 10.4 Å². The molecular weight excluding hydrogens is 268 g/mol. The van der Waals surface area contributed by atoms with Gasteiger partial charge < -0.3 is 15.8 Å². The van der Waals surface area contributed by atoms with Gasteiger partial charge in [0.1, 0.15) is 5.54 Å². The summed E-state index contributed by atoms with van der Waals surface area (Å²) >= 11 is 0. The zero-order valence-electron chi connectivity index (χ0n) is 11.7. The molecule has 110 valence electrons. The number of hydrogen-bond donors (Lipinski definition) is 2. The molecule has 1 fully saturated rings. The number of nitrogens with zero attached hydrogens (tertiary/aromatic N) is 2. The quantitative estimate of drug-likeness (QED) is 0.878. The molecule has 0 bridgehead atoms. The fourth-order valence-electron chi connectivity index (χ4n) is 2.36. The van der Waals surface area contributed by atoms with Crippen molar-refractivity contribution in [3.05, 3.63) is 48.3 Å². The summed E-state index contributed by atoms with van der Waals surface area (Å²) in [5.41, 5.74) is 6.89. The fraction of sp³-hybridized carbons (Fsp3) is 0.333. The van der Waals surface area contributed by atoms with Gasteiger partial charge in [0.05, 0.1) is 13.2 Å². The third-order valence-electron chi connectivity index (χ3n) is 3.66. The molecule has 1 saturated heterocycles. The number of ether oxygens (including phenoxy) is 1. The van der Waals surface area contributed by atoms with E-state index in [1.807, 2.05) is 41.2 Å². The van der Waals surface area contributed by atoms with E-state index in [1.165, 1.54) is 0 Å². The van der Waals surface area contributed by atoms with E-state index in [0.717, 1.165) is 11.3 Å². The summed E-state index contributed by atoms with van der Waals surface area (Å²) in [5.74, 6) is -0.201. The van der Waals surface area contributed by atoms with Crippen LogP contribution in [0.25, 0.3) is 0 Å². The van der Waals surface area contributed by atoms with Gasteiger partial charge in [0, 0.05) is 24.7 Å². The molecule has 1 aromatic carbocycles. The fourth-order valence-corrected chi connectivity index (χ4v) is 2.36. The van der Waals surface area contributed by atoms with Crippen LogP contribution in [0.1, 0.15) is 12.0 Å². The lowest BCUT2D eigenvalue weighted by molar-refractivity contribution is -0.121. The lowest BCUT2D eigenvalue weighted by atomic mass is 9.99. The summed E-state index contributed by atoms with van der Waals surface area (Å²) in [6, 6.07) is 9.52. The van der Waals surface area contributed by atoms with Gasteiger partial charge in [0.25, 0.3) is 0 Å². The zero-order chi connectivity index (χ0) is 14.7. The molecule has 6 heteroatoms. The van der Waals surface area contributed by atoms with E-state index in [9.17, 15) is 4.79 Å². The first-order chi connectivity index (χ1) is 10.2. The molecule has 0 saturated carbocycles.